The van der Waals surface area contributed by atoms with Crippen LogP contribution < -0.4 is 14.2 Å². The molecule has 7 heteroatoms. The van der Waals surface area contributed by atoms with Crippen molar-refractivity contribution in [1.29, 1.82) is 0 Å². The number of benzene rings is 3. The molecule has 0 aliphatic carbocycles. The summed E-state index contributed by atoms with van der Waals surface area (Å²) in [4.78, 5) is 25.2. The number of methoxy groups -OCH3 is 1. The number of carbonyl (C=O) groups is 2. The predicted octanol–water partition coefficient (Wildman–Crippen LogP) is 5.93. The van der Waals surface area contributed by atoms with E-state index < -0.39 is 5.97 Å². The molecule has 0 saturated heterocycles. The lowest BCUT2D eigenvalue weighted by atomic mass is 10.1. The van der Waals surface area contributed by atoms with Crippen LogP contribution in [0.5, 0.6) is 17.2 Å². The number of allylic oxidation sites excluding steroid dienone is 1. The van der Waals surface area contributed by atoms with Crippen molar-refractivity contribution < 1.29 is 28.2 Å². The van der Waals surface area contributed by atoms with Crippen LogP contribution in [0.3, 0.4) is 0 Å². The maximum atomic E-state index is 12.7. The molecule has 0 spiro atoms. The first kappa shape index (κ1) is 19.9. The number of furan rings is 1. The fourth-order valence-electron chi connectivity index (χ4n) is 3.43. The van der Waals surface area contributed by atoms with Crippen LogP contribution in [0.25, 0.3) is 17.0 Å². The van der Waals surface area contributed by atoms with Gasteiger partial charge in [0.05, 0.1) is 12.7 Å². The van der Waals surface area contributed by atoms with Crippen molar-refractivity contribution in [3.63, 3.8) is 0 Å². The Balaban J connectivity index is 1.38. The molecule has 1 aromatic heterocycles. The molecule has 0 radical (unpaired) electrons. The summed E-state index contributed by atoms with van der Waals surface area (Å²) in [5.41, 5.74) is 1.61. The third kappa shape index (κ3) is 3.61. The number of rotatable bonds is 4. The van der Waals surface area contributed by atoms with Gasteiger partial charge in [-0.3, -0.25) is 4.79 Å². The van der Waals surface area contributed by atoms with Crippen molar-refractivity contribution in [2.75, 3.05) is 7.11 Å². The van der Waals surface area contributed by atoms with E-state index in [9.17, 15) is 9.59 Å². The SMILES string of the molecule is COc1ccccc1/C=C1\Oc2cc(OC(=O)c3cc4cc(Cl)ccc4o3)ccc2C1=O. The maximum Gasteiger partial charge on any atom is 0.379 e. The Labute approximate surface area is 187 Å². The van der Waals surface area contributed by atoms with Crippen LogP contribution in [0.4, 0.5) is 0 Å². The Bertz CT molecular complexity index is 1420. The van der Waals surface area contributed by atoms with E-state index >= 15 is 0 Å². The number of halogens is 1. The lowest BCUT2D eigenvalue weighted by Gasteiger charge is -2.05. The standard InChI is InChI=1S/C25H15ClO6/c1-29-19-5-3-2-4-14(19)11-22-24(27)18-8-7-17(13-21(18)32-22)30-25(28)23-12-15-10-16(26)6-9-20(15)31-23/h2-13H,1H3/b22-11-. The molecule has 2 heterocycles. The third-order valence-corrected chi connectivity index (χ3v) is 5.19. The first-order valence-electron chi connectivity index (χ1n) is 9.64. The summed E-state index contributed by atoms with van der Waals surface area (Å²) >= 11 is 5.97. The normalized spacial score (nSPS) is 13.8. The summed E-state index contributed by atoms with van der Waals surface area (Å²) in [6.07, 6.45) is 1.62. The lowest BCUT2D eigenvalue weighted by Crippen LogP contribution is -2.07. The highest BCUT2D eigenvalue weighted by atomic mass is 35.5. The zero-order valence-corrected chi connectivity index (χ0v) is 17.5. The highest BCUT2D eigenvalue weighted by Crippen LogP contribution is 2.36. The van der Waals surface area contributed by atoms with Gasteiger partial charge in [0.2, 0.25) is 11.5 Å². The number of ether oxygens (including phenoxy) is 3. The zero-order valence-electron chi connectivity index (χ0n) is 16.8. The van der Waals surface area contributed by atoms with Crippen LogP contribution in [0, 0.1) is 0 Å². The van der Waals surface area contributed by atoms with Gasteiger partial charge in [-0.2, -0.15) is 0 Å². The van der Waals surface area contributed by atoms with Gasteiger partial charge in [0.15, 0.2) is 5.76 Å². The molecule has 0 saturated carbocycles. The molecule has 32 heavy (non-hydrogen) atoms. The minimum atomic E-state index is -0.675. The van der Waals surface area contributed by atoms with E-state index in [1.165, 1.54) is 12.1 Å². The van der Waals surface area contributed by atoms with Crippen molar-refractivity contribution in [1.82, 2.24) is 0 Å². The molecule has 1 aliphatic heterocycles. The summed E-state index contributed by atoms with van der Waals surface area (Å²) in [6, 6.07) is 18.5. The molecular formula is C25H15ClO6. The Morgan fingerprint density at radius 2 is 1.88 bits per heavy atom. The summed E-state index contributed by atoms with van der Waals surface area (Å²) in [7, 11) is 1.56. The van der Waals surface area contributed by atoms with Crippen molar-refractivity contribution in [3.8, 4) is 17.2 Å². The molecule has 0 bridgehead atoms. The van der Waals surface area contributed by atoms with Crippen molar-refractivity contribution >= 4 is 40.4 Å². The Hall–Kier alpha value is -4.03. The molecule has 0 unspecified atom stereocenters. The first-order chi connectivity index (χ1) is 15.5. The van der Waals surface area contributed by atoms with Gasteiger partial charge in [-0.15, -0.1) is 0 Å². The summed E-state index contributed by atoms with van der Waals surface area (Å²) in [5.74, 6) is 0.397. The number of ketones is 1. The Morgan fingerprint density at radius 1 is 1.03 bits per heavy atom. The van der Waals surface area contributed by atoms with Crippen LogP contribution in [-0.2, 0) is 0 Å². The molecule has 0 N–H and O–H groups in total. The third-order valence-electron chi connectivity index (χ3n) is 4.96. The van der Waals surface area contributed by atoms with Gasteiger partial charge < -0.3 is 18.6 Å². The number of hydrogen-bond donors (Lipinski definition) is 0. The fourth-order valence-corrected chi connectivity index (χ4v) is 3.61. The Kier molecular flexibility index (Phi) is 4.92. The van der Waals surface area contributed by atoms with Crippen molar-refractivity contribution in [2.45, 2.75) is 0 Å². The molecule has 1 aliphatic rings. The van der Waals surface area contributed by atoms with E-state index in [0.717, 1.165) is 0 Å². The molecule has 0 amide bonds. The number of para-hydroxylation sites is 1. The number of esters is 1. The molecule has 158 valence electrons. The van der Waals surface area contributed by atoms with E-state index in [1.54, 1.807) is 49.6 Å². The van der Waals surface area contributed by atoms with E-state index in [1.807, 2.05) is 18.2 Å². The maximum absolute atomic E-state index is 12.7. The second-order valence-electron chi connectivity index (χ2n) is 7.02. The van der Waals surface area contributed by atoms with Gasteiger partial charge in [-0.1, -0.05) is 29.8 Å². The van der Waals surface area contributed by atoms with E-state index in [0.29, 0.717) is 38.6 Å². The molecule has 3 aromatic carbocycles. The average molecular weight is 447 g/mol. The van der Waals surface area contributed by atoms with Crippen molar-refractivity contribution in [3.05, 3.63) is 94.4 Å². The minimum Gasteiger partial charge on any atom is -0.496 e. The Morgan fingerprint density at radius 3 is 2.72 bits per heavy atom. The van der Waals surface area contributed by atoms with Gasteiger partial charge in [-0.05, 0) is 48.5 Å². The molecular weight excluding hydrogens is 432 g/mol. The molecule has 6 nitrogen and oxygen atoms in total. The molecule has 4 aromatic rings. The van der Waals surface area contributed by atoms with Gasteiger partial charge in [0, 0.05) is 22.0 Å². The second-order valence-corrected chi connectivity index (χ2v) is 7.46. The summed E-state index contributed by atoms with van der Waals surface area (Å²) in [6.45, 7) is 0. The monoisotopic (exact) mass is 446 g/mol. The fraction of sp³-hybridized carbons (Fsp3) is 0.0400. The quantitative estimate of drug-likeness (QED) is 0.220. The number of hydrogen-bond acceptors (Lipinski definition) is 6. The highest BCUT2D eigenvalue weighted by Gasteiger charge is 2.28. The molecule has 5 rings (SSSR count). The molecule has 0 fully saturated rings. The van der Waals surface area contributed by atoms with Crippen LogP contribution in [0.1, 0.15) is 26.5 Å². The summed E-state index contributed by atoms with van der Waals surface area (Å²) < 4.78 is 22.0. The topological polar surface area (TPSA) is 75.0 Å². The predicted molar refractivity (Wildman–Crippen MR) is 119 cm³/mol. The first-order valence-corrected chi connectivity index (χ1v) is 10.0. The lowest BCUT2D eigenvalue weighted by molar-refractivity contribution is 0.0703. The number of carbonyl (C=O) groups excluding carboxylic acids is 2. The van der Waals surface area contributed by atoms with E-state index in [4.69, 9.17) is 30.2 Å². The van der Waals surface area contributed by atoms with E-state index in [-0.39, 0.29) is 23.1 Å². The smallest absolute Gasteiger partial charge is 0.379 e. The van der Waals surface area contributed by atoms with Crippen LogP contribution in [0.2, 0.25) is 5.02 Å². The van der Waals surface area contributed by atoms with Gasteiger partial charge >= 0.3 is 5.97 Å². The summed E-state index contributed by atoms with van der Waals surface area (Å²) in [5, 5.41) is 1.23. The number of fused-ring (bicyclic) bond motifs is 2. The van der Waals surface area contributed by atoms with Gasteiger partial charge in [-0.25, -0.2) is 4.79 Å². The second kappa shape index (κ2) is 7.90. The average Bonchev–Trinajstić information content (AvgIpc) is 3.35. The van der Waals surface area contributed by atoms with Crippen LogP contribution in [-0.4, -0.2) is 18.9 Å². The highest BCUT2D eigenvalue weighted by molar-refractivity contribution is 6.31. The van der Waals surface area contributed by atoms with Gasteiger partial charge in [0.25, 0.3) is 0 Å². The largest absolute Gasteiger partial charge is 0.496 e. The van der Waals surface area contributed by atoms with Crippen molar-refractivity contribution in [2.24, 2.45) is 0 Å². The van der Waals surface area contributed by atoms with E-state index in [2.05, 4.69) is 0 Å². The zero-order chi connectivity index (χ0) is 22.2. The number of Topliss-reactive ketones (excluding diaryl/α,β-unsaturated/α-hetero) is 1. The van der Waals surface area contributed by atoms with Crippen LogP contribution in [0.15, 0.2) is 76.9 Å². The van der Waals surface area contributed by atoms with Gasteiger partial charge in [0.1, 0.15) is 22.8 Å². The minimum absolute atomic E-state index is 0.0384. The van der Waals surface area contributed by atoms with Crippen LogP contribution >= 0.6 is 11.6 Å². The molecule has 0 atom stereocenters.